The van der Waals surface area contributed by atoms with Crippen LogP contribution in [0.4, 0.5) is 0 Å². The lowest BCUT2D eigenvalue weighted by atomic mass is 10.4. The number of hydrogen-bond acceptors (Lipinski definition) is 4. The number of rotatable bonds is 6. The third-order valence-electron chi connectivity index (χ3n) is 2.87. The molecule has 0 saturated carbocycles. The van der Waals surface area contributed by atoms with Crippen molar-refractivity contribution in [2.75, 3.05) is 25.4 Å². The van der Waals surface area contributed by atoms with Crippen LogP contribution in [0, 0.1) is 0 Å². The first-order valence-corrected chi connectivity index (χ1v) is 7.79. The van der Waals surface area contributed by atoms with Crippen molar-refractivity contribution in [3.63, 3.8) is 0 Å². The van der Waals surface area contributed by atoms with Gasteiger partial charge < -0.3 is 10.0 Å². The molecule has 0 bridgehead atoms. The number of nitrogens with zero attached hydrogens (tertiary/aromatic N) is 1. The Balaban J connectivity index is 1.65. The number of carbonyl (C=O) groups is 1. The van der Waals surface area contributed by atoms with E-state index in [9.17, 15) is 4.79 Å². The maximum atomic E-state index is 10.7. The van der Waals surface area contributed by atoms with Crippen molar-refractivity contribution in [2.45, 2.75) is 24.2 Å². The summed E-state index contributed by atoms with van der Waals surface area (Å²) in [5.74, 6) is 0.255. The standard InChI is InChI=1S/C12H17NO2S2/c14-12(15)11-8-10(9-17-11)16-7-3-6-13-4-1-2-5-13/h8-9H,1-7H2,(H,14,15). The lowest BCUT2D eigenvalue weighted by molar-refractivity contribution is 0.0702. The van der Waals surface area contributed by atoms with Crippen molar-refractivity contribution in [1.29, 1.82) is 0 Å². The van der Waals surface area contributed by atoms with Crippen molar-refractivity contribution in [1.82, 2.24) is 4.90 Å². The van der Waals surface area contributed by atoms with Crippen LogP contribution >= 0.6 is 23.1 Å². The van der Waals surface area contributed by atoms with Gasteiger partial charge in [0, 0.05) is 10.3 Å². The van der Waals surface area contributed by atoms with Crippen LogP contribution in [-0.4, -0.2) is 41.4 Å². The number of carboxylic acid groups (broad SMARTS) is 1. The van der Waals surface area contributed by atoms with E-state index >= 15 is 0 Å². The van der Waals surface area contributed by atoms with Gasteiger partial charge in [-0.1, -0.05) is 0 Å². The second-order valence-corrected chi connectivity index (χ2v) is 6.28. The smallest absolute Gasteiger partial charge is 0.345 e. The summed E-state index contributed by atoms with van der Waals surface area (Å²) in [6, 6.07) is 1.77. The van der Waals surface area contributed by atoms with Gasteiger partial charge in [0.15, 0.2) is 0 Å². The van der Waals surface area contributed by atoms with Gasteiger partial charge >= 0.3 is 5.97 Å². The van der Waals surface area contributed by atoms with Crippen molar-refractivity contribution in [3.05, 3.63) is 16.3 Å². The molecule has 17 heavy (non-hydrogen) atoms. The molecule has 1 saturated heterocycles. The molecule has 0 spiro atoms. The number of thioether (sulfide) groups is 1. The summed E-state index contributed by atoms with van der Waals surface area (Å²) in [7, 11) is 0. The van der Waals surface area contributed by atoms with Crippen LogP contribution in [0.1, 0.15) is 28.9 Å². The van der Waals surface area contributed by atoms with E-state index in [-0.39, 0.29) is 0 Å². The normalized spacial score (nSPS) is 16.5. The van der Waals surface area contributed by atoms with Gasteiger partial charge in [0.25, 0.3) is 0 Å². The lowest BCUT2D eigenvalue weighted by Gasteiger charge is -2.13. The topological polar surface area (TPSA) is 40.5 Å². The van der Waals surface area contributed by atoms with Crippen LogP contribution < -0.4 is 0 Å². The summed E-state index contributed by atoms with van der Waals surface area (Å²) in [5, 5.41) is 10.7. The molecule has 1 N–H and O–H groups in total. The van der Waals surface area contributed by atoms with Crippen LogP contribution in [0.5, 0.6) is 0 Å². The molecule has 0 atom stereocenters. The van der Waals surface area contributed by atoms with Crippen LogP contribution in [0.3, 0.4) is 0 Å². The van der Waals surface area contributed by atoms with E-state index in [1.807, 2.05) is 5.38 Å². The van der Waals surface area contributed by atoms with E-state index in [2.05, 4.69) is 4.90 Å². The predicted molar refractivity (Wildman–Crippen MR) is 72.3 cm³/mol. The Morgan fingerprint density at radius 3 is 2.88 bits per heavy atom. The van der Waals surface area contributed by atoms with Crippen molar-refractivity contribution in [2.24, 2.45) is 0 Å². The summed E-state index contributed by atoms with van der Waals surface area (Å²) in [5.41, 5.74) is 0. The van der Waals surface area contributed by atoms with Crippen LogP contribution in [0.25, 0.3) is 0 Å². The summed E-state index contributed by atoms with van der Waals surface area (Å²) >= 11 is 3.07. The summed E-state index contributed by atoms with van der Waals surface area (Å²) in [6.45, 7) is 3.70. The molecule has 5 heteroatoms. The van der Waals surface area contributed by atoms with E-state index in [4.69, 9.17) is 5.11 Å². The first-order chi connectivity index (χ1) is 8.25. The Morgan fingerprint density at radius 1 is 1.47 bits per heavy atom. The minimum absolute atomic E-state index is 0.437. The summed E-state index contributed by atoms with van der Waals surface area (Å²) < 4.78 is 0. The third-order valence-corrected chi connectivity index (χ3v) is 5.00. The fraction of sp³-hybridized carbons (Fsp3) is 0.583. The minimum Gasteiger partial charge on any atom is -0.477 e. The average molecular weight is 271 g/mol. The van der Waals surface area contributed by atoms with Crippen LogP contribution in [-0.2, 0) is 0 Å². The molecule has 3 nitrogen and oxygen atoms in total. The van der Waals surface area contributed by atoms with Crippen molar-refractivity contribution in [3.8, 4) is 0 Å². The molecular formula is C12H17NO2S2. The predicted octanol–water partition coefficient (Wildman–Crippen LogP) is 3.02. The van der Waals surface area contributed by atoms with E-state index < -0.39 is 5.97 Å². The zero-order valence-electron chi connectivity index (χ0n) is 9.72. The summed E-state index contributed by atoms with van der Waals surface area (Å²) in [4.78, 5) is 14.8. The molecule has 0 aliphatic carbocycles. The number of aromatic carboxylic acids is 1. The Morgan fingerprint density at radius 2 is 2.24 bits per heavy atom. The van der Waals surface area contributed by atoms with Crippen LogP contribution in [0.2, 0.25) is 0 Å². The fourth-order valence-electron chi connectivity index (χ4n) is 1.99. The maximum Gasteiger partial charge on any atom is 0.345 e. The average Bonchev–Trinajstić information content (AvgIpc) is 2.96. The second kappa shape index (κ2) is 6.42. The van der Waals surface area contributed by atoms with Gasteiger partial charge in [-0.2, -0.15) is 0 Å². The highest BCUT2D eigenvalue weighted by molar-refractivity contribution is 7.99. The number of thiophene rings is 1. The molecule has 1 aliphatic heterocycles. The van der Waals surface area contributed by atoms with Gasteiger partial charge in [0.05, 0.1) is 0 Å². The second-order valence-electron chi connectivity index (χ2n) is 4.20. The van der Waals surface area contributed by atoms with Gasteiger partial charge in [0.1, 0.15) is 4.88 Å². The monoisotopic (exact) mass is 271 g/mol. The highest BCUT2D eigenvalue weighted by Gasteiger charge is 2.11. The summed E-state index contributed by atoms with van der Waals surface area (Å²) in [6.07, 6.45) is 3.88. The van der Waals surface area contributed by atoms with Gasteiger partial charge in [0.2, 0.25) is 0 Å². The zero-order valence-corrected chi connectivity index (χ0v) is 11.4. The highest BCUT2D eigenvalue weighted by Crippen LogP contribution is 2.25. The molecule has 0 amide bonds. The number of carboxylic acids is 1. The van der Waals surface area contributed by atoms with E-state index in [1.165, 1.54) is 50.2 Å². The molecular weight excluding hydrogens is 254 g/mol. The van der Waals surface area contributed by atoms with Gasteiger partial charge in [-0.25, -0.2) is 4.79 Å². The van der Waals surface area contributed by atoms with E-state index in [0.29, 0.717) is 4.88 Å². The molecule has 1 aliphatic rings. The third kappa shape index (κ3) is 4.01. The Bertz CT molecular complexity index is 372. The maximum absolute atomic E-state index is 10.7. The van der Waals surface area contributed by atoms with Crippen LogP contribution in [0.15, 0.2) is 16.3 Å². The van der Waals surface area contributed by atoms with Crippen molar-refractivity contribution >= 4 is 29.1 Å². The molecule has 0 unspecified atom stereocenters. The molecule has 2 heterocycles. The fourth-order valence-corrected chi connectivity index (χ4v) is 3.80. The molecule has 0 radical (unpaired) electrons. The Kier molecular flexibility index (Phi) is 4.88. The Labute approximate surface area is 110 Å². The van der Waals surface area contributed by atoms with Gasteiger partial charge in [-0.15, -0.1) is 23.1 Å². The van der Waals surface area contributed by atoms with E-state index in [0.717, 1.165) is 10.6 Å². The highest BCUT2D eigenvalue weighted by atomic mass is 32.2. The van der Waals surface area contributed by atoms with E-state index in [1.54, 1.807) is 17.8 Å². The van der Waals surface area contributed by atoms with Crippen molar-refractivity contribution < 1.29 is 9.90 Å². The number of hydrogen-bond donors (Lipinski definition) is 1. The largest absolute Gasteiger partial charge is 0.477 e. The first-order valence-electron chi connectivity index (χ1n) is 5.93. The SMILES string of the molecule is O=C(O)c1cc(SCCCN2CCCC2)cs1. The molecule has 0 aromatic carbocycles. The first kappa shape index (κ1) is 12.9. The molecule has 1 aromatic rings. The molecule has 1 fully saturated rings. The zero-order chi connectivity index (χ0) is 12.1. The molecule has 1 aromatic heterocycles. The van der Waals surface area contributed by atoms with Gasteiger partial charge in [-0.3, -0.25) is 0 Å². The quantitative estimate of drug-likeness (QED) is 0.638. The Hall–Kier alpha value is -0.520. The number of likely N-dealkylation sites (tertiary alicyclic amines) is 1. The minimum atomic E-state index is -0.820. The molecule has 94 valence electrons. The van der Waals surface area contributed by atoms with Gasteiger partial charge in [-0.05, 0) is 50.7 Å². The lowest BCUT2D eigenvalue weighted by Crippen LogP contribution is -2.20. The molecule has 2 rings (SSSR count).